The van der Waals surface area contributed by atoms with Crippen molar-refractivity contribution in [1.82, 2.24) is 0 Å². The van der Waals surface area contributed by atoms with Gasteiger partial charge in [-0.1, -0.05) is 0 Å². The molecule has 0 bridgehead atoms. The van der Waals surface area contributed by atoms with Crippen molar-refractivity contribution in [2.45, 2.75) is 13.7 Å². The van der Waals surface area contributed by atoms with E-state index in [4.69, 9.17) is 0 Å². The van der Waals surface area contributed by atoms with Crippen LogP contribution in [0.3, 0.4) is 0 Å². The molecule has 0 saturated carbocycles. The van der Waals surface area contributed by atoms with Crippen LogP contribution in [0.15, 0.2) is 131 Å². The number of rotatable bonds is 5. The van der Waals surface area contributed by atoms with Crippen LogP contribution in [0.1, 0.15) is 35.9 Å². The summed E-state index contributed by atoms with van der Waals surface area (Å²) in [7, 11) is 0. The Morgan fingerprint density at radius 1 is 0.594 bits per heavy atom. The fourth-order valence-electron chi connectivity index (χ4n) is 5.53. The molecule has 0 atom stereocenters. The van der Waals surface area contributed by atoms with Gasteiger partial charge in [0, 0.05) is 0 Å². The van der Waals surface area contributed by atoms with E-state index in [0.717, 1.165) is 6.42 Å². The Morgan fingerprint density at radius 2 is 1.09 bits per heavy atom. The summed E-state index contributed by atoms with van der Waals surface area (Å²) in [6.07, 6.45) is 8.22. The van der Waals surface area contributed by atoms with Gasteiger partial charge in [0.2, 0.25) is 0 Å². The van der Waals surface area contributed by atoms with Crippen molar-refractivity contribution < 1.29 is 21.8 Å². The van der Waals surface area contributed by atoms with Crippen LogP contribution in [-0.4, -0.2) is 0 Å². The molecule has 0 heterocycles. The molecule has 0 unspecified atom stereocenters. The van der Waals surface area contributed by atoms with Gasteiger partial charge >= 0.3 is 200 Å². The van der Waals surface area contributed by atoms with Gasteiger partial charge in [0.15, 0.2) is 0 Å². The van der Waals surface area contributed by atoms with Crippen LogP contribution in [-0.2, 0) is 21.8 Å². The number of hydrogen-bond acceptors (Lipinski definition) is 0. The molecule has 0 radical (unpaired) electrons. The average Bonchev–Trinajstić information content (AvgIpc) is 3.51. The van der Waals surface area contributed by atoms with Gasteiger partial charge < -0.3 is 0 Å². The minimum atomic E-state index is -2.39. The number of hydrogen-bond donors (Lipinski definition) is 0. The maximum absolute atomic E-state index is 2.46. The third-order valence-electron chi connectivity index (χ3n) is 6.86. The Bertz CT molecular complexity index is 1210. The van der Waals surface area contributed by atoms with Gasteiger partial charge in [0.25, 0.3) is 0 Å². The van der Waals surface area contributed by atoms with Crippen molar-refractivity contribution in [2.24, 2.45) is 0 Å². The predicted molar refractivity (Wildman–Crippen MR) is 130 cm³/mol. The summed E-state index contributed by atoms with van der Waals surface area (Å²) in [6.45, 7) is 0. The summed E-state index contributed by atoms with van der Waals surface area (Å²) in [4.78, 5) is 0. The molecule has 0 N–H and O–H groups in total. The molecule has 153 valence electrons. The number of fused-ring (bicyclic) bond motifs is 3. The summed E-state index contributed by atoms with van der Waals surface area (Å²) >= 11 is -2.39. The van der Waals surface area contributed by atoms with E-state index in [1.165, 1.54) is 22.3 Å². The van der Waals surface area contributed by atoms with Crippen LogP contribution in [0.5, 0.6) is 0 Å². The van der Waals surface area contributed by atoms with E-state index in [2.05, 4.69) is 127 Å². The summed E-state index contributed by atoms with van der Waals surface area (Å²) in [5.74, 6) is 0. The zero-order valence-electron chi connectivity index (χ0n) is 18.0. The molecule has 0 aliphatic heterocycles. The first kappa shape index (κ1) is 19.9. The van der Waals surface area contributed by atoms with Crippen molar-refractivity contribution in [3.63, 3.8) is 0 Å². The monoisotopic (exact) mass is 487 g/mol. The molecule has 2 aliphatic carbocycles. The van der Waals surface area contributed by atoms with Crippen LogP contribution in [0, 0.1) is 0 Å². The fourth-order valence-corrected chi connectivity index (χ4v) is 15.3. The molecule has 0 nitrogen and oxygen atoms in total. The third kappa shape index (κ3) is 3.40. The second-order valence-corrected chi connectivity index (χ2v) is 15.3. The topological polar surface area (TPSA) is 0 Å². The van der Waals surface area contributed by atoms with E-state index < -0.39 is 21.8 Å². The van der Waals surface area contributed by atoms with E-state index >= 15 is 0 Å². The molecule has 0 aromatic heterocycles. The molecule has 0 amide bonds. The van der Waals surface area contributed by atoms with Crippen molar-refractivity contribution in [3.8, 4) is 11.1 Å². The standard InChI is InChI=1S/C13H9.C13H11.C5H5.Zr/c1-3-7-12-10(5-1)9-11-6-2-4-8-13(11)12;1-3-7-12(8-4-1)11-13-9-5-2-6-10-13;1-2-4-5-3-1;/h1-9H;1-11H;1-3H,4H2;. The molecule has 0 spiro atoms. The first-order chi connectivity index (χ1) is 15.9. The minimum absolute atomic E-state index is 0.482. The second kappa shape index (κ2) is 8.64. The zero-order valence-corrected chi connectivity index (χ0v) is 20.4. The van der Waals surface area contributed by atoms with E-state index in [9.17, 15) is 0 Å². The van der Waals surface area contributed by atoms with Gasteiger partial charge in [0.05, 0.1) is 0 Å². The zero-order chi connectivity index (χ0) is 21.3. The third-order valence-corrected chi connectivity index (χ3v) is 15.8. The number of benzene rings is 4. The van der Waals surface area contributed by atoms with Crippen molar-refractivity contribution >= 4 is 0 Å². The summed E-state index contributed by atoms with van der Waals surface area (Å²) in [6, 6.07) is 40.9. The van der Waals surface area contributed by atoms with Crippen molar-refractivity contribution in [2.75, 3.05) is 0 Å². The normalized spacial score (nSPS) is 14.3. The Balaban J connectivity index is 1.61. The molecule has 0 saturated heterocycles. The van der Waals surface area contributed by atoms with E-state index in [1.54, 1.807) is 14.4 Å². The van der Waals surface area contributed by atoms with Gasteiger partial charge in [0.1, 0.15) is 0 Å². The van der Waals surface area contributed by atoms with E-state index in [-0.39, 0.29) is 0 Å². The van der Waals surface area contributed by atoms with Gasteiger partial charge in [-0.25, -0.2) is 0 Å². The van der Waals surface area contributed by atoms with Gasteiger partial charge in [-0.2, -0.15) is 0 Å². The average molecular weight is 489 g/mol. The van der Waals surface area contributed by atoms with Gasteiger partial charge in [-0.3, -0.25) is 0 Å². The van der Waals surface area contributed by atoms with Crippen LogP contribution in [0.2, 0.25) is 0 Å². The van der Waals surface area contributed by atoms with Gasteiger partial charge in [-0.15, -0.1) is 0 Å². The van der Waals surface area contributed by atoms with Crippen LogP contribution < -0.4 is 0 Å². The predicted octanol–water partition coefficient (Wildman–Crippen LogP) is 8.01. The Labute approximate surface area is 198 Å². The SMILES string of the molecule is C1=CC[C]([Zr]([CH](c2ccccc2)c2ccccc2)[CH]2c3ccccc3-c3ccccc32)=C1. The van der Waals surface area contributed by atoms with Crippen LogP contribution in [0.4, 0.5) is 0 Å². The number of allylic oxidation sites excluding steroid dienone is 4. The van der Waals surface area contributed by atoms with Gasteiger partial charge in [-0.05, 0) is 0 Å². The first-order valence-electron chi connectivity index (χ1n) is 11.4. The maximum atomic E-state index is 2.46. The Kier molecular flexibility index (Phi) is 5.37. The first-order valence-corrected chi connectivity index (χ1v) is 15.5. The molecule has 1 heteroatoms. The molecule has 32 heavy (non-hydrogen) atoms. The molecule has 6 rings (SSSR count). The van der Waals surface area contributed by atoms with E-state index in [0.29, 0.717) is 7.25 Å². The van der Waals surface area contributed by atoms with Crippen molar-refractivity contribution in [1.29, 1.82) is 0 Å². The molecule has 2 aliphatic rings. The Hall–Kier alpha value is -2.76. The summed E-state index contributed by atoms with van der Waals surface area (Å²) in [5, 5.41) is 0. The summed E-state index contributed by atoms with van der Waals surface area (Å²) < 4.78 is 2.73. The molecular weight excluding hydrogens is 464 g/mol. The fraction of sp³-hybridized carbons (Fsp3) is 0.0968. The van der Waals surface area contributed by atoms with Crippen molar-refractivity contribution in [3.05, 3.63) is 153 Å². The molecular formula is C31H25Zr. The second-order valence-electron chi connectivity index (χ2n) is 8.64. The molecule has 4 aromatic carbocycles. The summed E-state index contributed by atoms with van der Waals surface area (Å²) in [5.41, 5.74) is 8.93. The van der Waals surface area contributed by atoms with E-state index in [1.807, 2.05) is 0 Å². The molecule has 0 fully saturated rings. The Morgan fingerprint density at radius 3 is 1.59 bits per heavy atom. The molecule has 4 aromatic rings. The van der Waals surface area contributed by atoms with Crippen LogP contribution >= 0.6 is 0 Å². The van der Waals surface area contributed by atoms with Crippen LogP contribution in [0.25, 0.3) is 11.1 Å². The quantitative estimate of drug-likeness (QED) is 0.267.